The van der Waals surface area contributed by atoms with E-state index in [4.69, 9.17) is 11.6 Å². The maximum Gasteiger partial charge on any atom is 0.377 e. The van der Waals surface area contributed by atoms with Gasteiger partial charge in [-0.05, 0) is 24.1 Å². The summed E-state index contributed by atoms with van der Waals surface area (Å²) in [5, 5.41) is 3.53. The van der Waals surface area contributed by atoms with Crippen molar-refractivity contribution in [1.82, 2.24) is 9.36 Å². The Labute approximate surface area is 130 Å². The van der Waals surface area contributed by atoms with Gasteiger partial charge in [-0.2, -0.15) is 9.36 Å². The van der Waals surface area contributed by atoms with Crippen molar-refractivity contribution in [2.45, 2.75) is 12.8 Å². The second kappa shape index (κ2) is 7.14. The van der Waals surface area contributed by atoms with Gasteiger partial charge in [-0.3, -0.25) is 4.79 Å². The predicted molar refractivity (Wildman–Crippen MR) is 79.7 cm³/mol. The van der Waals surface area contributed by atoms with Crippen LogP contribution in [0.25, 0.3) is 0 Å². The van der Waals surface area contributed by atoms with Crippen LogP contribution in [0.3, 0.4) is 0 Å². The molecule has 0 bridgehead atoms. The second-order valence-corrected chi connectivity index (χ2v) is 5.28. The third-order valence-electron chi connectivity index (χ3n) is 2.59. The van der Waals surface area contributed by atoms with E-state index in [1.165, 1.54) is 7.11 Å². The third kappa shape index (κ3) is 4.51. The molecule has 0 saturated carbocycles. The zero-order valence-corrected chi connectivity index (χ0v) is 12.7. The summed E-state index contributed by atoms with van der Waals surface area (Å²) in [6.45, 7) is 0. The molecular weight excluding hydrogens is 314 g/mol. The molecule has 0 aliphatic rings. The van der Waals surface area contributed by atoms with E-state index in [9.17, 15) is 9.59 Å². The Bertz CT molecular complexity index is 642. The van der Waals surface area contributed by atoms with Crippen LogP contribution in [-0.2, 0) is 16.0 Å². The Kier molecular flexibility index (Phi) is 5.24. The molecule has 1 heterocycles. The van der Waals surface area contributed by atoms with Gasteiger partial charge in [0.05, 0.1) is 7.11 Å². The van der Waals surface area contributed by atoms with E-state index in [0.717, 1.165) is 17.1 Å². The lowest BCUT2D eigenvalue weighted by Crippen LogP contribution is -2.12. The summed E-state index contributed by atoms with van der Waals surface area (Å²) < 4.78 is 8.28. The number of hydrogen-bond donors (Lipinski definition) is 1. The SMILES string of the molecule is COC(=O)c1nsc(NC(=O)CCc2ccc(Cl)cc2)n1. The highest BCUT2D eigenvalue weighted by Crippen LogP contribution is 2.14. The highest BCUT2D eigenvalue weighted by atomic mass is 35.5. The van der Waals surface area contributed by atoms with Crippen molar-refractivity contribution in [3.63, 3.8) is 0 Å². The fourth-order valence-corrected chi connectivity index (χ4v) is 2.24. The smallest absolute Gasteiger partial charge is 0.377 e. The highest BCUT2D eigenvalue weighted by Gasteiger charge is 2.14. The van der Waals surface area contributed by atoms with E-state index in [1.807, 2.05) is 12.1 Å². The standard InChI is InChI=1S/C13H12ClN3O3S/c1-20-12(19)11-16-13(21-17-11)15-10(18)7-4-8-2-5-9(14)6-3-8/h2-3,5-6H,4,7H2,1H3,(H,15,16,17,18). The fourth-order valence-electron chi connectivity index (χ4n) is 1.54. The Balaban J connectivity index is 1.85. The van der Waals surface area contributed by atoms with Gasteiger partial charge in [-0.15, -0.1) is 0 Å². The number of rotatable bonds is 5. The lowest BCUT2D eigenvalue weighted by Gasteiger charge is -2.02. The summed E-state index contributed by atoms with van der Waals surface area (Å²) in [6.07, 6.45) is 0.889. The number of carbonyl (C=O) groups excluding carboxylic acids is 2. The summed E-state index contributed by atoms with van der Waals surface area (Å²) in [5.74, 6) is -0.888. The topological polar surface area (TPSA) is 81.2 Å². The van der Waals surface area contributed by atoms with Gasteiger partial charge in [-0.25, -0.2) is 4.79 Å². The zero-order chi connectivity index (χ0) is 15.2. The summed E-state index contributed by atoms with van der Waals surface area (Å²) >= 11 is 6.72. The normalized spacial score (nSPS) is 10.2. The molecule has 21 heavy (non-hydrogen) atoms. The van der Waals surface area contributed by atoms with Crippen molar-refractivity contribution in [2.75, 3.05) is 12.4 Å². The van der Waals surface area contributed by atoms with E-state index < -0.39 is 5.97 Å². The van der Waals surface area contributed by atoms with Gasteiger partial charge in [0.15, 0.2) is 0 Å². The van der Waals surface area contributed by atoms with Crippen LogP contribution < -0.4 is 5.32 Å². The van der Waals surface area contributed by atoms with Crippen LogP contribution in [0.1, 0.15) is 22.6 Å². The van der Waals surface area contributed by atoms with Crippen LogP contribution in [-0.4, -0.2) is 28.3 Å². The number of carbonyl (C=O) groups is 2. The third-order valence-corrected chi connectivity index (χ3v) is 3.48. The number of nitrogens with one attached hydrogen (secondary N) is 1. The number of aryl methyl sites for hydroxylation is 1. The molecular formula is C13H12ClN3O3S. The van der Waals surface area contributed by atoms with Crippen molar-refractivity contribution in [2.24, 2.45) is 0 Å². The number of hydrogen-bond acceptors (Lipinski definition) is 6. The summed E-state index contributed by atoms with van der Waals surface area (Å²) in [5.41, 5.74) is 1.02. The lowest BCUT2D eigenvalue weighted by molar-refractivity contribution is -0.116. The van der Waals surface area contributed by atoms with Crippen LogP contribution in [0.2, 0.25) is 5.02 Å². The maximum atomic E-state index is 11.8. The summed E-state index contributed by atoms with van der Waals surface area (Å²) in [4.78, 5) is 26.8. The molecule has 0 spiro atoms. The first-order valence-electron chi connectivity index (χ1n) is 6.05. The average molecular weight is 326 g/mol. The number of methoxy groups -OCH3 is 1. The largest absolute Gasteiger partial charge is 0.463 e. The Morgan fingerprint density at radius 1 is 1.33 bits per heavy atom. The molecule has 1 N–H and O–H groups in total. The van der Waals surface area contributed by atoms with E-state index >= 15 is 0 Å². The lowest BCUT2D eigenvalue weighted by atomic mass is 10.1. The number of ether oxygens (including phenoxy) is 1. The minimum absolute atomic E-state index is 0.0597. The molecule has 8 heteroatoms. The van der Waals surface area contributed by atoms with Crippen molar-refractivity contribution in [1.29, 1.82) is 0 Å². The van der Waals surface area contributed by atoms with Crippen LogP contribution in [0.5, 0.6) is 0 Å². The van der Waals surface area contributed by atoms with Gasteiger partial charge in [0, 0.05) is 23.0 Å². The predicted octanol–water partition coefficient (Wildman–Crippen LogP) is 2.55. The highest BCUT2D eigenvalue weighted by molar-refractivity contribution is 7.10. The van der Waals surface area contributed by atoms with E-state index in [1.54, 1.807) is 12.1 Å². The molecule has 0 fully saturated rings. The molecule has 2 aromatic rings. The number of nitrogens with zero attached hydrogens (tertiary/aromatic N) is 2. The Hall–Kier alpha value is -1.99. The van der Waals surface area contributed by atoms with E-state index in [0.29, 0.717) is 17.9 Å². The second-order valence-electron chi connectivity index (χ2n) is 4.09. The van der Waals surface area contributed by atoms with Gasteiger partial charge in [0.25, 0.3) is 5.82 Å². The van der Waals surface area contributed by atoms with E-state index in [2.05, 4.69) is 19.4 Å². The average Bonchev–Trinajstić information content (AvgIpc) is 2.94. The van der Waals surface area contributed by atoms with Gasteiger partial charge in [0.1, 0.15) is 0 Å². The molecule has 0 aliphatic carbocycles. The summed E-state index contributed by atoms with van der Waals surface area (Å²) in [7, 11) is 1.24. The van der Waals surface area contributed by atoms with Crippen molar-refractivity contribution in [3.8, 4) is 0 Å². The first-order valence-corrected chi connectivity index (χ1v) is 7.20. The molecule has 1 amide bonds. The number of halogens is 1. The van der Waals surface area contributed by atoms with Gasteiger partial charge in [-0.1, -0.05) is 23.7 Å². The molecule has 0 atom stereocenters. The summed E-state index contributed by atoms with van der Waals surface area (Å²) in [6, 6.07) is 7.30. The van der Waals surface area contributed by atoms with Crippen molar-refractivity contribution < 1.29 is 14.3 Å². The van der Waals surface area contributed by atoms with Crippen molar-refractivity contribution >= 4 is 40.1 Å². The number of amides is 1. The van der Waals surface area contributed by atoms with Crippen LogP contribution in [0, 0.1) is 0 Å². The van der Waals surface area contributed by atoms with Crippen LogP contribution in [0.15, 0.2) is 24.3 Å². The van der Waals surface area contributed by atoms with Crippen LogP contribution >= 0.6 is 23.1 Å². The minimum Gasteiger partial charge on any atom is -0.463 e. The quantitative estimate of drug-likeness (QED) is 0.854. The molecule has 1 aromatic heterocycles. The van der Waals surface area contributed by atoms with Gasteiger partial charge in [0.2, 0.25) is 11.0 Å². The maximum absolute atomic E-state index is 11.8. The molecule has 0 radical (unpaired) electrons. The first kappa shape index (κ1) is 15.4. The molecule has 0 saturated heterocycles. The molecule has 1 aromatic carbocycles. The molecule has 0 unspecified atom stereocenters. The molecule has 2 rings (SSSR count). The van der Waals surface area contributed by atoms with E-state index in [-0.39, 0.29) is 16.9 Å². The molecule has 6 nitrogen and oxygen atoms in total. The Morgan fingerprint density at radius 2 is 2.05 bits per heavy atom. The zero-order valence-electron chi connectivity index (χ0n) is 11.1. The number of aromatic nitrogens is 2. The van der Waals surface area contributed by atoms with Crippen molar-refractivity contribution in [3.05, 3.63) is 40.7 Å². The fraction of sp³-hybridized carbons (Fsp3) is 0.231. The van der Waals surface area contributed by atoms with Gasteiger partial charge >= 0.3 is 5.97 Å². The Morgan fingerprint density at radius 3 is 2.71 bits per heavy atom. The monoisotopic (exact) mass is 325 g/mol. The first-order chi connectivity index (χ1) is 10.1. The molecule has 0 aliphatic heterocycles. The number of benzene rings is 1. The van der Waals surface area contributed by atoms with Gasteiger partial charge < -0.3 is 10.1 Å². The molecule has 110 valence electrons. The van der Waals surface area contributed by atoms with Crippen LogP contribution in [0.4, 0.5) is 5.13 Å². The minimum atomic E-state index is -0.632. The number of anilines is 1. The number of esters is 1.